The summed E-state index contributed by atoms with van der Waals surface area (Å²) in [5, 5.41) is 15.3. The van der Waals surface area contributed by atoms with E-state index in [0.717, 1.165) is 47.2 Å². The number of nitrogens with one attached hydrogen (secondary N) is 2. The van der Waals surface area contributed by atoms with Gasteiger partial charge in [-0.2, -0.15) is 14.7 Å². The number of aromatic nitrogens is 6. The predicted molar refractivity (Wildman–Crippen MR) is 119 cm³/mol. The van der Waals surface area contributed by atoms with Crippen LogP contribution in [0.2, 0.25) is 0 Å². The van der Waals surface area contributed by atoms with Gasteiger partial charge in [0.25, 0.3) is 0 Å². The van der Waals surface area contributed by atoms with E-state index < -0.39 is 0 Å². The molecule has 1 aliphatic heterocycles. The Morgan fingerprint density at radius 2 is 1.97 bits per heavy atom. The van der Waals surface area contributed by atoms with Gasteiger partial charge in [-0.1, -0.05) is 6.92 Å². The number of H-pyrrole nitrogens is 1. The molecule has 1 saturated heterocycles. The Bertz CT molecular complexity index is 1240. The fraction of sp³-hybridized carbons (Fsp3) is 0.364. The molecule has 4 aromatic rings. The Morgan fingerprint density at radius 3 is 2.66 bits per heavy atom. The number of morpholine rings is 1. The van der Waals surface area contributed by atoms with Crippen molar-refractivity contribution in [2.45, 2.75) is 26.7 Å². The molecular weight excluding hydrogens is 411 g/mol. The number of hydrogen-bond donors (Lipinski definition) is 2. The first kappa shape index (κ1) is 20.4. The van der Waals surface area contributed by atoms with Crippen molar-refractivity contribution in [3.05, 3.63) is 58.9 Å². The van der Waals surface area contributed by atoms with Gasteiger partial charge in [0.2, 0.25) is 0 Å². The molecule has 9 nitrogen and oxygen atoms in total. The third kappa shape index (κ3) is 3.77. The van der Waals surface area contributed by atoms with Crippen LogP contribution in [0, 0.1) is 19.7 Å². The Morgan fingerprint density at radius 1 is 1.16 bits per heavy atom. The van der Waals surface area contributed by atoms with E-state index in [1.165, 1.54) is 12.3 Å². The summed E-state index contributed by atoms with van der Waals surface area (Å²) in [6, 6.07) is 7.05. The molecule has 0 aromatic carbocycles. The van der Waals surface area contributed by atoms with Crippen LogP contribution in [-0.2, 0) is 4.74 Å². The third-order valence-corrected chi connectivity index (χ3v) is 5.71. The second-order valence-electron chi connectivity index (χ2n) is 8.02. The molecule has 166 valence electrons. The van der Waals surface area contributed by atoms with E-state index in [4.69, 9.17) is 14.8 Å². The predicted octanol–water partition coefficient (Wildman–Crippen LogP) is 3.34. The van der Waals surface area contributed by atoms with Gasteiger partial charge in [-0.15, -0.1) is 0 Å². The number of aryl methyl sites for hydroxylation is 2. The van der Waals surface area contributed by atoms with Crippen LogP contribution in [0.1, 0.15) is 35.5 Å². The second kappa shape index (κ2) is 8.19. The van der Waals surface area contributed by atoms with Crippen LogP contribution >= 0.6 is 0 Å². The lowest BCUT2D eigenvalue weighted by Gasteiger charge is -2.29. The van der Waals surface area contributed by atoms with Crippen LogP contribution in [0.15, 0.2) is 30.5 Å². The summed E-state index contributed by atoms with van der Waals surface area (Å²) >= 11 is 0. The van der Waals surface area contributed by atoms with Crippen molar-refractivity contribution < 1.29 is 9.13 Å². The first-order valence-corrected chi connectivity index (χ1v) is 10.6. The van der Waals surface area contributed by atoms with Gasteiger partial charge >= 0.3 is 0 Å². The quantitative estimate of drug-likeness (QED) is 0.495. The molecule has 0 saturated carbocycles. The van der Waals surface area contributed by atoms with E-state index in [-0.39, 0.29) is 11.7 Å². The highest BCUT2D eigenvalue weighted by atomic mass is 19.1. The van der Waals surface area contributed by atoms with E-state index in [0.29, 0.717) is 24.8 Å². The molecule has 5 rings (SSSR count). The van der Waals surface area contributed by atoms with Gasteiger partial charge in [0, 0.05) is 48.1 Å². The highest BCUT2D eigenvalue weighted by Gasteiger charge is 2.24. The molecule has 5 heterocycles. The number of ether oxygens (including phenoxy) is 1. The SMILES string of the molecule is Cc1cc(Nc2cc(N3CCOCC3)n3nc(C)c(C(C)c4ccc(F)cn4)c3n2)n[nH]1. The van der Waals surface area contributed by atoms with Crippen molar-refractivity contribution in [1.82, 2.24) is 29.8 Å². The Labute approximate surface area is 184 Å². The standard InChI is InChI=1S/C22H25FN8O/c1-13-10-19(28-27-13)25-18-11-20(30-6-8-32-9-7-30)31-22(26-18)21(15(3)29-31)14(2)17-5-4-16(23)12-24-17/h4-5,10-12,14H,6-9H2,1-3H3,(H2,25,26,27,28). The molecule has 4 aromatic heterocycles. The Kier molecular flexibility index (Phi) is 5.22. The summed E-state index contributed by atoms with van der Waals surface area (Å²) in [5.41, 5.74) is 4.28. The van der Waals surface area contributed by atoms with E-state index >= 15 is 0 Å². The van der Waals surface area contributed by atoms with Crippen LogP contribution in [0.25, 0.3) is 5.65 Å². The van der Waals surface area contributed by atoms with E-state index in [1.807, 2.05) is 37.4 Å². The summed E-state index contributed by atoms with van der Waals surface area (Å²) < 4.78 is 20.8. The molecule has 1 unspecified atom stereocenters. The van der Waals surface area contributed by atoms with E-state index in [2.05, 4.69) is 25.4 Å². The zero-order valence-electron chi connectivity index (χ0n) is 18.3. The van der Waals surface area contributed by atoms with Crippen molar-refractivity contribution in [3.63, 3.8) is 0 Å². The van der Waals surface area contributed by atoms with Gasteiger partial charge < -0.3 is 15.0 Å². The van der Waals surface area contributed by atoms with Gasteiger partial charge in [-0.3, -0.25) is 10.1 Å². The van der Waals surface area contributed by atoms with Crippen molar-refractivity contribution in [1.29, 1.82) is 0 Å². The summed E-state index contributed by atoms with van der Waals surface area (Å²) in [7, 11) is 0. The number of pyridine rings is 1. The lowest BCUT2D eigenvalue weighted by atomic mass is 9.97. The van der Waals surface area contributed by atoms with Crippen LogP contribution < -0.4 is 10.2 Å². The maximum absolute atomic E-state index is 13.4. The monoisotopic (exact) mass is 436 g/mol. The molecule has 0 spiro atoms. The van der Waals surface area contributed by atoms with E-state index in [1.54, 1.807) is 6.07 Å². The lowest BCUT2D eigenvalue weighted by molar-refractivity contribution is 0.122. The number of halogens is 1. The van der Waals surface area contributed by atoms with Crippen LogP contribution in [0.5, 0.6) is 0 Å². The van der Waals surface area contributed by atoms with Gasteiger partial charge in [-0.05, 0) is 26.0 Å². The minimum atomic E-state index is -0.356. The summed E-state index contributed by atoms with van der Waals surface area (Å²) in [6.45, 7) is 8.81. The summed E-state index contributed by atoms with van der Waals surface area (Å²) in [5.74, 6) is 1.83. The molecule has 10 heteroatoms. The summed E-state index contributed by atoms with van der Waals surface area (Å²) in [4.78, 5) is 11.4. The lowest BCUT2D eigenvalue weighted by Crippen LogP contribution is -2.37. The molecule has 2 N–H and O–H groups in total. The first-order valence-electron chi connectivity index (χ1n) is 10.6. The van der Waals surface area contributed by atoms with Gasteiger partial charge in [0.15, 0.2) is 11.5 Å². The van der Waals surface area contributed by atoms with Crippen molar-refractivity contribution >= 4 is 23.1 Å². The fourth-order valence-corrected chi connectivity index (χ4v) is 4.12. The Balaban J connectivity index is 1.64. The zero-order chi connectivity index (χ0) is 22.2. The third-order valence-electron chi connectivity index (χ3n) is 5.71. The number of aromatic amines is 1. The first-order chi connectivity index (χ1) is 15.5. The average molecular weight is 436 g/mol. The molecule has 0 radical (unpaired) electrons. The van der Waals surface area contributed by atoms with E-state index in [9.17, 15) is 4.39 Å². The van der Waals surface area contributed by atoms with Crippen molar-refractivity contribution in [2.75, 3.05) is 36.5 Å². The maximum Gasteiger partial charge on any atom is 0.163 e. The summed E-state index contributed by atoms with van der Waals surface area (Å²) in [6.07, 6.45) is 1.24. The van der Waals surface area contributed by atoms with Crippen LogP contribution in [0.4, 0.5) is 21.8 Å². The molecule has 0 amide bonds. The van der Waals surface area contributed by atoms with Crippen molar-refractivity contribution in [3.8, 4) is 0 Å². The number of hydrogen-bond acceptors (Lipinski definition) is 7. The maximum atomic E-state index is 13.4. The van der Waals surface area contributed by atoms with Crippen LogP contribution in [0.3, 0.4) is 0 Å². The zero-order valence-corrected chi connectivity index (χ0v) is 18.3. The average Bonchev–Trinajstić information content (AvgIpc) is 3.35. The van der Waals surface area contributed by atoms with Gasteiger partial charge in [0.1, 0.15) is 17.5 Å². The molecule has 1 fully saturated rings. The topological polar surface area (TPSA) is 96.3 Å². The number of anilines is 3. The molecule has 0 bridgehead atoms. The minimum absolute atomic E-state index is 0.110. The van der Waals surface area contributed by atoms with Gasteiger partial charge in [-0.25, -0.2) is 9.37 Å². The number of nitrogens with zero attached hydrogens (tertiary/aromatic N) is 6. The minimum Gasteiger partial charge on any atom is -0.378 e. The highest BCUT2D eigenvalue weighted by molar-refractivity contribution is 5.66. The van der Waals surface area contributed by atoms with Crippen molar-refractivity contribution in [2.24, 2.45) is 0 Å². The largest absolute Gasteiger partial charge is 0.378 e. The second-order valence-corrected chi connectivity index (χ2v) is 8.02. The van der Waals surface area contributed by atoms with Crippen LogP contribution in [-0.4, -0.2) is 56.1 Å². The van der Waals surface area contributed by atoms with Gasteiger partial charge in [0.05, 0.1) is 25.1 Å². The Hall–Kier alpha value is -3.53. The fourth-order valence-electron chi connectivity index (χ4n) is 4.12. The molecule has 32 heavy (non-hydrogen) atoms. The smallest absolute Gasteiger partial charge is 0.163 e. The molecular formula is C22H25FN8O. The molecule has 1 atom stereocenters. The molecule has 1 aliphatic rings. The number of rotatable bonds is 5. The molecule has 0 aliphatic carbocycles. The highest BCUT2D eigenvalue weighted by Crippen LogP contribution is 2.32. The number of fused-ring (bicyclic) bond motifs is 1. The normalized spacial score (nSPS) is 15.3.